The zero-order valence-electron chi connectivity index (χ0n) is 10.8. The normalized spacial score (nSPS) is 10.3. The molecule has 0 saturated carbocycles. The lowest BCUT2D eigenvalue weighted by Gasteiger charge is -2.08. The van der Waals surface area contributed by atoms with E-state index in [0.29, 0.717) is 18.2 Å². The average molecular weight is 358 g/mol. The second kappa shape index (κ2) is 6.14. The highest BCUT2D eigenvalue weighted by atomic mass is 79.9. The maximum absolute atomic E-state index is 11.1. The SMILES string of the molecule is CNc1nc(C)c([N+](=O)[O-])c(NCc2cc(Br)cs2)n1. The van der Waals surface area contributed by atoms with Crippen LogP contribution < -0.4 is 10.6 Å². The van der Waals surface area contributed by atoms with Gasteiger partial charge in [0.15, 0.2) is 0 Å². The molecular weight excluding hydrogens is 346 g/mol. The quantitative estimate of drug-likeness (QED) is 0.630. The molecule has 20 heavy (non-hydrogen) atoms. The molecule has 0 fully saturated rings. The summed E-state index contributed by atoms with van der Waals surface area (Å²) in [7, 11) is 1.67. The fraction of sp³-hybridized carbons (Fsp3) is 0.273. The van der Waals surface area contributed by atoms with Crippen molar-refractivity contribution >= 4 is 44.7 Å². The lowest BCUT2D eigenvalue weighted by Crippen LogP contribution is -2.09. The van der Waals surface area contributed by atoms with E-state index in [1.54, 1.807) is 25.3 Å². The van der Waals surface area contributed by atoms with Crippen molar-refractivity contribution in [1.82, 2.24) is 9.97 Å². The molecule has 7 nitrogen and oxygen atoms in total. The number of nitrogens with zero attached hydrogens (tertiary/aromatic N) is 3. The Bertz CT molecular complexity index is 646. The van der Waals surface area contributed by atoms with Crippen molar-refractivity contribution in [2.75, 3.05) is 17.7 Å². The number of nitrogens with one attached hydrogen (secondary N) is 2. The Morgan fingerprint density at radius 1 is 1.50 bits per heavy atom. The molecule has 0 atom stereocenters. The zero-order valence-corrected chi connectivity index (χ0v) is 13.2. The summed E-state index contributed by atoms with van der Waals surface area (Å²) in [5.41, 5.74) is 0.226. The zero-order chi connectivity index (χ0) is 14.7. The molecule has 0 aromatic carbocycles. The van der Waals surface area contributed by atoms with Gasteiger partial charge in [-0.05, 0) is 28.9 Å². The molecule has 2 N–H and O–H groups in total. The van der Waals surface area contributed by atoms with Crippen LogP contribution in [0.1, 0.15) is 10.6 Å². The van der Waals surface area contributed by atoms with Gasteiger partial charge in [-0.15, -0.1) is 11.3 Å². The highest BCUT2D eigenvalue weighted by Crippen LogP contribution is 2.28. The van der Waals surface area contributed by atoms with Crippen molar-refractivity contribution in [3.63, 3.8) is 0 Å². The number of nitro groups is 1. The van der Waals surface area contributed by atoms with Crippen LogP contribution in [-0.4, -0.2) is 21.9 Å². The molecule has 2 heterocycles. The summed E-state index contributed by atoms with van der Waals surface area (Å²) in [5.74, 6) is 0.569. The number of aromatic nitrogens is 2. The molecular formula is C11H12BrN5O2S. The largest absolute Gasteiger partial charge is 0.359 e. The first-order chi connectivity index (χ1) is 9.51. The van der Waals surface area contributed by atoms with Gasteiger partial charge >= 0.3 is 5.69 Å². The summed E-state index contributed by atoms with van der Waals surface area (Å²) >= 11 is 4.93. The molecule has 2 aromatic rings. The molecule has 2 aromatic heterocycles. The summed E-state index contributed by atoms with van der Waals surface area (Å²) < 4.78 is 0.989. The maximum atomic E-state index is 11.1. The maximum Gasteiger partial charge on any atom is 0.332 e. The Morgan fingerprint density at radius 2 is 2.25 bits per heavy atom. The van der Waals surface area contributed by atoms with Crippen molar-refractivity contribution in [2.24, 2.45) is 0 Å². The van der Waals surface area contributed by atoms with Gasteiger partial charge in [-0.1, -0.05) is 0 Å². The number of aryl methyl sites for hydroxylation is 1. The number of halogens is 1. The predicted molar refractivity (Wildman–Crippen MR) is 82.3 cm³/mol. The van der Waals surface area contributed by atoms with E-state index in [9.17, 15) is 10.1 Å². The molecule has 9 heteroatoms. The molecule has 0 unspecified atom stereocenters. The number of hydrogen-bond donors (Lipinski definition) is 2. The number of rotatable bonds is 5. The smallest absolute Gasteiger partial charge is 0.332 e. The van der Waals surface area contributed by atoms with Crippen LogP contribution in [0.15, 0.2) is 15.9 Å². The lowest BCUT2D eigenvalue weighted by molar-refractivity contribution is -0.385. The molecule has 0 aliphatic rings. The molecule has 0 amide bonds. The first kappa shape index (κ1) is 14.7. The molecule has 0 bridgehead atoms. The van der Waals surface area contributed by atoms with E-state index < -0.39 is 4.92 Å². The molecule has 0 saturated heterocycles. The number of hydrogen-bond acceptors (Lipinski definition) is 7. The Hall–Kier alpha value is -1.74. The molecule has 0 radical (unpaired) electrons. The molecule has 0 spiro atoms. The van der Waals surface area contributed by atoms with E-state index in [1.165, 1.54) is 0 Å². The third-order valence-corrected chi connectivity index (χ3v) is 4.21. The fourth-order valence-electron chi connectivity index (χ4n) is 1.64. The summed E-state index contributed by atoms with van der Waals surface area (Å²) in [6.45, 7) is 2.06. The van der Waals surface area contributed by atoms with Crippen molar-refractivity contribution in [1.29, 1.82) is 0 Å². The lowest BCUT2D eigenvalue weighted by atomic mass is 10.3. The van der Waals surface area contributed by atoms with Gasteiger partial charge in [0.1, 0.15) is 5.69 Å². The standard InChI is InChI=1S/C11H12BrN5O2S/c1-6-9(17(18)19)10(16-11(13-2)15-6)14-4-8-3-7(12)5-20-8/h3,5H,4H2,1-2H3,(H2,13,14,15,16). The first-order valence-electron chi connectivity index (χ1n) is 5.69. The van der Waals surface area contributed by atoms with E-state index in [2.05, 4.69) is 36.5 Å². The Morgan fingerprint density at radius 3 is 2.80 bits per heavy atom. The van der Waals surface area contributed by atoms with Crippen LogP contribution in [-0.2, 0) is 6.54 Å². The van der Waals surface area contributed by atoms with Gasteiger partial charge in [-0.25, -0.2) is 4.98 Å². The number of thiophene rings is 1. The van der Waals surface area contributed by atoms with Crippen LogP contribution in [0.3, 0.4) is 0 Å². The van der Waals surface area contributed by atoms with E-state index in [-0.39, 0.29) is 11.5 Å². The average Bonchev–Trinajstić information content (AvgIpc) is 2.81. The van der Waals surface area contributed by atoms with Gasteiger partial charge in [0.25, 0.3) is 0 Å². The van der Waals surface area contributed by atoms with Gasteiger partial charge in [-0.3, -0.25) is 10.1 Å². The monoisotopic (exact) mass is 357 g/mol. The van der Waals surface area contributed by atoms with Gasteiger partial charge in [0.2, 0.25) is 11.8 Å². The Kier molecular flexibility index (Phi) is 4.50. The van der Waals surface area contributed by atoms with Crippen molar-refractivity contribution in [2.45, 2.75) is 13.5 Å². The van der Waals surface area contributed by atoms with Crippen LogP contribution in [0, 0.1) is 17.0 Å². The fourth-order valence-corrected chi connectivity index (χ4v) is 3.03. The molecule has 106 valence electrons. The van der Waals surface area contributed by atoms with Crippen molar-refractivity contribution in [3.8, 4) is 0 Å². The van der Waals surface area contributed by atoms with Crippen LogP contribution in [0.4, 0.5) is 17.5 Å². The summed E-state index contributed by atoms with van der Waals surface area (Å²) in [4.78, 5) is 19.8. The first-order valence-corrected chi connectivity index (χ1v) is 7.36. The van der Waals surface area contributed by atoms with Gasteiger partial charge in [0, 0.05) is 21.8 Å². The minimum Gasteiger partial charge on any atom is -0.359 e. The van der Waals surface area contributed by atoms with Gasteiger partial charge < -0.3 is 10.6 Å². The Labute approximate surface area is 127 Å². The van der Waals surface area contributed by atoms with Crippen LogP contribution >= 0.6 is 27.3 Å². The highest BCUT2D eigenvalue weighted by molar-refractivity contribution is 9.10. The van der Waals surface area contributed by atoms with Gasteiger partial charge in [-0.2, -0.15) is 4.98 Å². The minimum absolute atomic E-state index is 0.0976. The predicted octanol–water partition coefficient (Wildman–Crippen LogP) is 3.17. The van der Waals surface area contributed by atoms with E-state index in [0.717, 1.165) is 9.35 Å². The van der Waals surface area contributed by atoms with Crippen LogP contribution in [0.25, 0.3) is 0 Å². The third kappa shape index (κ3) is 3.23. The summed E-state index contributed by atoms with van der Waals surface area (Å²) in [5, 5.41) is 18.9. The summed E-state index contributed by atoms with van der Waals surface area (Å²) in [6.07, 6.45) is 0. The van der Waals surface area contributed by atoms with Crippen LogP contribution in [0.2, 0.25) is 0 Å². The van der Waals surface area contributed by atoms with E-state index >= 15 is 0 Å². The van der Waals surface area contributed by atoms with E-state index in [4.69, 9.17) is 0 Å². The highest BCUT2D eigenvalue weighted by Gasteiger charge is 2.21. The molecule has 0 aliphatic heterocycles. The topological polar surface area (TPSA) is 93.0 Å². The molecule has 0 aliphatic carbocycles. The Balaban J connectivity index is 2.28. The second-order valence-corrected chi connectivity index (χ2v) is 5.83. The molecule has 2 rings (SSSR count). The minimum atomic E-state index is -0.471. The van der Waals surface area contributed by atoms with Crippen LogP contribution in [0.5, 0.6) is 0 Å². The van der Waals surface area contributed by atoms with Crippen molar-refractivity contribution in [3.05, 3.63) is 36.6 Å². The van der Waals surface area contributed by atoms with Crippen molar-refractivity contribution < 1.29 is 4.92 Å². The van der Waals surface area contributed by atoms with Gasteiger partial charge in [0.05, 0.1) is 11.5 Å². The number of anilines is 2. The van der Waals surface area contributed by atoms with E-state index in [1.807, 2.05) is 11.4 Å². The third-order valence-electron chi connectivity index (χ3n) is 2.52. The summed E-state index contributed by atoms with van der Waals surface area (Å²) in [6, 6.07) is 1.95. The second-order valence-electron chi connectivity index (χ2n) is 3.92.